The molecule has 0 radical (unpaired) electrons. The molecule has 1 amide bonds. The summed E-state index contributed by atoms with van der Waals surface area (Å²) in [5.74, 6) is 0.189. The number of aromatic nitrogens is 3. The van der Waals surface area contributed by atoms with Crippen molar-refractivity contribution in [1.29, 1.82) is 0 Å². The Labute approximate surface area is 151 Å². The number of carbonyl (C=O) groups is 1. The Kier molecular flexibility index (Phi) is 4.36. The van der Waals surface area contributed by atoms with Gasteiger partial charge in [0.15, 0.2) is 0 Å². The lowest BCUT2D eigenvalue weighted by Crippen LogP contribution is -2.42. The summed E-state index contributed by atoms with van der Waals surface area (Å²) in [5.41, 5.74) is 5.10. The summed E-state index contributed by atoms with van der Waals surface area (Å²) < 4.78 is 2.23. The Morgan fingerprint density at radius 1 is 1.32 bits per heavy atom. The molecule has 1 aliphatic rings. The molecule has 0 aromatic carbocycles. The third kappa shape index (κ3) is 3.09. The molecule has 3 aromatic rings. The highest BCUT2D eigenvalue weighted by molar-refractivity contribution is 7.09. The summed E-state index contributed by atoms with van der Waals surface area (Å²) in [4.78, 5) is 24.7. The second kappa shape index (κ2) is 6.80. The number of carbonyl (C=O) groups excluding carboxylic acids is 1. The van der Waals surface area contributed by atoms with Crippen molar-refractivity contribution in [3.05, 3.63) is 70.2 Å². The molecule has 0 N–H and O–H groups in total. The van der Waals surface area contributed by atoms with Crippen LogP contribution in [0.2, 0.25) is 0 Å². The van der Waals surface area contributed by atoms with E-state index in [4.69, 9.17) is 0 Å². The number of aryl methyl sites for hydroxylation is 2. The minimum atomic E-state index is -0.0625. The third-order valence-electron chi connectivity index (χ3n) is 4.77. The van der Waals surface area contributed by atoms with Crippen molar-refractivity contribution in [3.8, 4) is 0 Å². The summed E-state index contributed by atoms with van der Waals surface area (Å²) in [6, 6.07) is 8.07. The minimum Gasteiger partial charge on any atom is -0.348 e. The van der Waals surface area contributed by atoms with E-state index in [1.165, 1.54) is 4.88 Å². The smallest absolute Gasteiger partial charge is 0.223 e. The fourth-order valence-electron chi connectivity index (χ4n) is 3.47. The van der Waals surface area contributed by atoms with Gasteiger partial charge in [-0.1, -0.05) is 6.07 Å². The lowest BCUT2D eigenvalue weighted by molar-refractivity contribution is -0.133. The van der Waals surface area contributed by atoms with Gasteiger partial charge in [-0.15, -0.1) is 11.3 Å². The van der Waals surface area contributed by atoms with Gasteiger partial charge in [0, 0.05) is 48.7 Å². The van der Waals surface area contributed by atoms with E-state index in [9.17, 15) is 4.79 Å². The fraction of sp³-hybridized carbons (Fsp3) is 0.316. The van der Waals surface area contributed by atoms with Crippen molar-refractivity contribution in [1.82, 2.24) is 19.4 Å². The Morgan fingerprint density at radius 3 is 3.00 bits per heavy atom. The zero-order chi connectivity index (χ0) is 17.2. The van der Waals surface area contributed by atoms with E-state index in [1.807, 2.05) is 41.7 Å². The zero-order valence-electron chi connectivity index (χ0n) is 14.1. The molecule has 6 heteroatoms. The number of fused-ring (bicyclic) bond motifs is 1. The van der Waals surface area contributed by atoms with Crippen LogP contribution in [0.5, 0.6) is 0 Å². The molecule has 0 unspecified atom stereocenters. The van der Waals surface area contributed by atoms with Gasteiger partial charge < -0.3 is 9.47 Å². The Morgan fingerprint density at radius 2 is 2.24 bits per heavy atom. The average molecular weight is 352 g/mol. The van der Waals surface area contributed by atoms with Crippen LogP contribution in [0.4, 0.5) is 0 Å². The molecule has 25 heavy (non-hydrogen) atoms. The predicted octanol–water partition coefficient (Wildman–Crippen LogP) is 3.21. The molecule has 1 aliphatic heterocycles. The molecule has 3 aromatic heterocycles. The molecule has 1 atom stereocenters. The minimum absolute atomic E-state index is 0.0625. The van der Waals surface area contributed by atoms with Crippen molar-refractivity contribution < 1.29 is 4.79 Å². The molecule has 4 heterocycles. The van der Waals surface area contributed by atoms with Crippen molar-refractivity contribution in [2.45, 2.75) is 32.4 Å². The highest BCUT2D eigenvalue weighted by Crippen LogP contribution is 2.32. The van der Waals surface area contributed by atoms with Gasteiger partial charge in [-0.25, -0.2) is 4.98 Å². The van der Waals surface area contributed by atoms with Crippen LogP contribution < -0.4 is 0 Å². The number of pyridine rings is 1. The van der Waals surface area contributed by atoms with Crippen LogP contribution in [0.15, 0.2) is 48.4 Å². The first-order valence-corrected chi connectivity index (χ1v) is 9.35. The van der Waals surface area contributed by atoms with E-state index in [0.29, 0.717) is 6.42 Å². The number of hydrogen-bond donors (Lipinski definition) is 0. The maximum Gasteiger partial charge on any atom is 0.223 e. The fourth-order valence-corrected chi connectivity index (χ4v) is 4.25. The van der Waals surface area contributed by atoms with E-state index in [-0.39, 0.29) is 11.9 Å². The van der Waals surface area contributed by atoms with Gasteiger partial charge >= 0.3 is 0 Å². The van der Waals surface area contributed by atoms with E-state index >= 15 is 0 Å². The number of hydrogen-bond acceptors (Lipinski definition) is 4. The molecule has 4 rings (SSSR count). The van der Waals surface area contributed by atoms with Gasteiger partial charge in [-0.3, -0.25) is 9.78 Å². The monoisotopic (exact) mass is 352 g/mol. The number of nitrogens with zero attached hydrogens (tertiary/aromatic N) is 4. The second-order valence-corrected chi connectivity index (χ2v) is 7.20. The first-order valence-electron chi connectivity index (χ1n) is 8.47. The van der Waals surface area contributed by atoms with Crippen molar-refractivity contribution >= 4 is 17.2 Å². The highest BCUT2D eigenvalue weighted by atomic mass is 32.1. The van der Waals surface area contributed by atoms with E-state index in [2.05, 4.69) is 26.8 Å². The van der Waals surface area contributed by atoms with E-state index in [0.717, 1.165) is 36.5 Å². The van der Waals surface area contributed by atoms with Crippen LogP contribution in [-0.2, 0) is 17.8 Å². The highest BCUT2D eigenvalue weighted by Gasteiger charge is 2.31. The van der Waals surface area contributed by atoms with Crippen LogP contribution in [0.3, 0.4) is 0 Å². The van der Waals surface area contributed by atoms with E-state index in [1.54, 1.807) is 17.5 Å². The molecule has 0 spiro atoms. The summed E-state index contributed by atoms with van der Waals surface area (Å²) in [7, 11) is 0. The molecule has 0 saturated carbocycles. The molecule has 0 aliphatic carbocycles. The molecule has 0 bridgehead atoms. The van der Waals surface area contributed by atoms with Crippen LogP contribution in [-0.4, -0.2) is 31.9 Å². The summed E-state index contributed by atoms with van der Waals surface area (Å²) in [6.45, 7) is 3.56. The van der Waals surface area contributed by atoms with E-state index < -0.39 is 0 Å². The van der Waals surface area contributed by atoms with Crippen molar-refractivity contribution in [3.63, 3.8) is 0 Å². The van der Waals surface area contributed by atoms with Gasteiger partial charge in [-0.05, 0) is 37.1 Å². The molecule has 5 nitrogen and oxygen atoms in total. The maximum atomic E-state index is 13.0. The predicted molar refractivity (Wildman–Crippen MR) is 97.4 cm³/mol. The number of thiazole rings is 1. The maximum absolute atomic E-state index is 13.0. The molecule has 0 fully saturated rings. The number of rotatable bonds is 4. The topological polar surface area (TPSA) is 51.0 Å². The lowest BCUT2D eigenvalue weighted by atomic mass is 10.0. The summed E-state index contributed by atoms with van der Waals surface area (Å²) in [5, 5.41) is 0. The van der Waals surface area contributed by atoms with Gasteiger partial charge in [0.05, 0.1) is 17.2 Å². The SMILES string of the molecule is Cc1ncsc1CCC(=O)N1CCn2cccc2[C@@H]1c1cccnc1. The van der Waals surface area contributed by atoms with Gasteiger partial charge in [0.1, 0.15) is 0 Å². The lowest BCUT2D eigenvalue weighted by Gasteiger charge is -2.37. The quantitative estimate of drug-likeness (QED) is 0.724. The van der Waals surface area contributed by atoms with Gasteiger partial charge in [-0.2, -0.15) is 0 Å². The average Bonchev–Trinajstić information content (AvgIpc) is 3.28. The Hall–Kier alpha value is -2.47. The largest absolute Gasteiger partial charge is 0.348 e. The first kappa shape index (κ1) is 16.0. The van der Waals surface area contributed by atoms with Crippen molar-refractivity contribution in [2.24, 2.45) is 0 Å². The van der Waals surface area contributed by atoms with Gasteiger partial charge in [0.2, 0.25) is 5.91 Å². The zero-order valence-corrected chi connectivity index (χ0v) is 14.9. The third-order valence-corrected chi connectivity index (χ3v) is 5.76. The normalized spacial score (nSPS) is 16.7. The van der Waals surface area contributed by atoms with Crippen molar-refractivity contribution in [2.75, 3.05) is 6.54 Å². The summed E-state index contributed by atoms with van der Waals surface area (Å²) >= 11 is 1.63. The molecular formula is C19H20N4OS. The van der Waals surface area contributed by atoms with Gasteiger partial charge in [0.25, 0.3) is 0 Å². The van der Waals surface area contributed by atoms with Crippen LogP contribution in [0.25, 0.3) is 0 Å². The molecule has 128 valence electrons. The summed E-state index contributed by atoms with van der Waals surface area (Å²) in [6.07, 6.45) is 6.99. The Bertz CT molecular complexity index is 870. The second-order valence-electron chi connectivity index (χ2n) is 6.26. The molecular weight excluding hydrogens is 332 g/mol. The van der Waals surface area contributed by atoms with Crippen LogP contribution >= 0.6 is 11.3 Å². The Balaban J connectivity index is 1.59. The van der Waals surface area contributed by atoms with Crippen LogP contribution in [0, 0.1) is 6.92 Å². The molecule has 0 saturated heterocycles. The standard InChI is InChI=1S/C19H20N4OS/c1-14-17(25-13-21-14)6-7-18(24)23-11-10-22-9-3-5-16(22)19(23)15-4-2-8-20-12-15/h2-5,8-9,12-13,19H,6-7,10-11H2,1H3/t19-/m0/s1. The van der Waals surface area contributed by atoms with Crippen LogP contribution in [0.1, 0.15) is 34.3 Å². The number of amides is 1. The first-order chi connectivity index (χ1) is 12.2.